The summed E-state index contributed by atoms with van der Waals surface area (Å²) in [6, 6.07) is 5.01. The summed E-state index contributed by atoms with van der Waals surface area (Å²) in [6.07, 6.45) is 1.79. The van der Waals surface area contributed by atoms with Crippen molar-refractivity contribution in [2.24, 2.45) is 0 Å². The molecule has 1 rings (SSSR count). The van der Waals surface area contributed by atoms with Crippen LogP contribution in [0.3, 0.4) is 0 Å². The Morgan fingerprint density at radius 2 is 2.18 bits per heavy atom. The zero-order valence-electron chi connectivity index (χ0n) is 10.1. The van der Waals surface area contributed by atoms with Crippen molar-refractivity contribution >= 4 is 17.3 Å². The molecule has 0 heterocycles. The minimum Gasteiger partial charge on any atom is -0.314 e. The average molecular weight is 257 g/mol. The molecule has 0 fully saturated rings. The maximum Gasteiger partial charge on any atom is 0.270 e. The first-order chi connectivity index (χ1) is 8.08. The van der Waals surface area contributed by atoms with Crippen molar-refractivity contribution < 1.29 is 4.92 Å². The Morgan fingerprint density at radius 1 is 1.47 bits per heavy atom. The molecule has 4 nitrogen and oxygen atoms in total. The van der Waals surface area contributed by atoms with E-state index in [9.17, 15) is 10.1 Å². The van der Waals surface area contributed by atoms with E-state index in [0.717, 1.165) is 24.9 Å². The largest absolute Gasteiger partial charge is 0.314 e. The maximum atomic E-state index is 10.6. The third-order valence-electron chi connectivity index (χ3n) is 2.70. The molecule has 17 heavy (non-hydrogen) atoms. The molecule has 1 N–H and O–H groups in total. The molecule has 0 aliphatic heterocycles. The third kappa shape index (κ3) is 3.98. The summed E-state index contributed by atoms with van der Waals surface area (Å²) < 4.78 is 0. The summed E-state index contributed by atoms with van der Waals surface area (Å²) in [7, 11) is 0. The summed E-state index contributed by atoms with van der Waals surface area (Å²) in [5.74, 6) is 0. The number of benzene rings is 1. The number of likely N-dealkylation sites (N-methyl/N-ethyl adjacent to an activating group) is 1. The van der Waals surface area contributed by atoms with Crippen LogP contribution in [0.15, 0.2) is 18.2 Å². The molecule has 0 saturated carbocycles. The molecule has 0 radical (unpaired) electrons. The summed E-state index contributed by atoms with van der Waals surface area (Å²) in [5.41, 5.74) is 0.986. The van der Waals surface area contributed by atoms with E-state index < -0.39 is 4.92 Å². The van der Waals surface area contributed by atoms with E-state index in [1.165, 1.54) is 12.1 Å². The molecule has 94 valence electrons. The first kappa shape index (κ1) is 13.9. The van der Waals surface area contributed by atoms with Crippen molar-refractivity contribution in [3.8, 4) is 0 Å². The molecule has 0 aromatic heterocycles. The molecular formula is C12H17ClN2O2. The van der Waals surface area contributed by atoms with Crippen molar-refractivity contribution in [2.75, 3.05) is 6.54 Å². The number of nitrogens with one attached hydrogen (secondary N) is 1. The van der Waals surface area contributed by atoms with Crippen molar-refractivity contribution in [3.05, 3.63) is 38.9 Å². The van der Waals surface area contributed by atoms with Gasteiger partial charge in [0.25, 0.3) is 5.69 Å². The number of non-ortho nitro benzene ring substituents is 1. The number of nitro benzene ring substituents is 1. The minimum atomic E-state index is -0.433. The van der Waals surface area contributed by atoms with Gasteiger partial charge in [0.05, 0.1) is 9.95 Å². The summed E-state index contributed by atoms with van der Waals surface area (Å²) in [4.78, 5) is 10.1. The molecule has 5 heteroatoms. The number of halogens is 1. The zero-order chi connectivity index (χ0) is 12.8. The molecule has 1 unspecified atom stereocenters. The van der Waals surface area contributed by atoms with Gasteiger partial charge in [-0.2, -0.15) is 0 Å². The molecule has 1 aromatic carbocycles. The van der Waals surface area contributed by atoms with Gasteiger partial charge < -0.3 is 5.32 Å². The van der Waals surface area contributed by atoms with Gasteiger partial charge in [0.2, 0.25) is 0 Å². The molecule has 0 bridgehead atoms. The van der Waals surface area contributed by atoms with E-state index in [1.54, 1.807) is 6.07 Å². The third-order valence-corrected chi connectivity index (χ3v) is 3.05. The Labute approximate surface area is 106 Å². The Morgan fingerprint density at radius 3 is 2.65 bits per heavy atom. The lowest BCUT2D eigenvalue weighted by Crippen LogP contribution is -2.30. The molecule has 0 aliphatic carbocycles. The monoisotopic (exact) mass is 256 g/mol. The highest BCUT2D eigenvalue weighted by Crippen LogP contribution is 2.23. The first-order valence-electron chi connectivity index (χ1n) is 5.74. The highest BCUT2D eigenvalue weighted by molar-refractivity contribution is 6.31. The second-order valence-electron chi connectivity index (χ2n) is 3.90. The number of rotatable bonds is 6. The van der Waals surface area contributed by atoms with Crippen molar-refractivity contribution in [2.45, 2.75) is 32.7 Å². The molecule has 0 amide bonds. The Balaban J connectivity index is 2.81. The van der Waals surface area contributed by atoms with Crippen LogP contribution in [0.1, 0.15) is 25.8 Å². The Bertz CT molecular complexity index is 396. The lowest BCUT2D eigenvalue weighted by molar-refractivity contribution is -0.384. The number of nitrogens with zero attached hydrogens (tertiary/aromatic N) is 1. The van der Waals surface area contributed by atoms with E-state index in [1.807, 2.05) is 0 Å². The van der Waals surface area contributed by atoms with Crippen LogP contribution in [0.25, 0.3) is 0 Å². The fraction of sp³-hybridized carbons (Fsp3) is 0.500. The van der Waals surface area contributed by atoms with E-state index in [4.69, 9.17) is 11.6 Å². The molecule has 0 saturated heterocycles. The normalized spacial score (nSPS) is 12.4. The standard InChI is InChI=1S/C12H17ClN2O2/c1-3-10(14-4-2)7-9-5-6-11(15(16)17)8-12(9)13/h5-6,8,10,14H,3-4,7H2,1-2H3. The molecule has 0 aliphatic rings. The number of nitro groups is 1. The van der Waals surface area contributed by atoms with Gasteiger partial charge in [0.15, 0.2) is 0 Å². The van der Waals surface area contributed by atoms with Crippen molar-refractivity contribution in [3.63, 3.8) is 0 Å². The van der Waals surface area contributed by atoms with Gasteiger partial charge >= 0.3 is 0 Å². The Hall–Kier alpha value is -1.13. The Kier molecular flexibility index (Phi) is 5.38. The zero-order valence-corrected chi connectivity index (χ0v) is 10.8. The smallest absolute Gasteiger partial charge is 0.270 e. The fourth-order valence-electron chi connectivity index (χ4n) is 1.73. The lowest BCUT2D eigenvalue weighted by Gasteiger charge is -2.16. The van der Waals surface area contributed by atoms with Gasteiger partial charge in [-0.1, -0.05) is 31.5 Å². The highest BCUT2D eigenvalue weighted by atomic mass is 35.5. The summed E-state index contributed by atoms with van der Waals surface area (Å²) in [5, 5.41) is 14.4. The quantitative estimate of drug-likeness (QED) is 0.628. The van der Waals surface area contributed by atoms with Gasteiger partial charge in [0, 0.05) is 18.2 Å². The highest BCUT2D eigenvalue weighted by Gasteiger charge is 2.12. The minimum absolute atomic E-state index is 0.0373. The fourth-order valence-corrected chi connectivity index (χ4v) is 1.98. The van der Waals surface area contributed by atoms with Crippen molar-refractivity contribution in [1.29, 1.82) is 0 Å². The lowest BCUT2D eigenvalue weighted by atomic mass is 10.0. The van der Waals surface area contributed by atoms with Crippen LogP contribution in [0, 0.1) is 10.1 Å². The van der Waals surface area contributed by atoms with Crippen LogP contribution in [0.2, 0.25) is 5.02 Å². The molecule has 0 spiro atoms. The number of hydrogen-bond acceptors (Lipinski definition) is 3. The maximum absolute atomic E-state index is 10.6. The average Bonchev–Trinajstić information content (AvgIpc) is 2.30. The first-order valence-corrected chi connectivity index (χ1v) is 6.12. The molecule has 1 atom stereocenters. The van der Waals surface area contributed by atoms with E-state index in [0.29, 0.717) is 11.1 Å². The van der Waals surface area contributed by atoms with Crippen LogP contribution in [-0.4, -0.2) is 17.5 Å². The van der Waals surface area contributed by atoms with Gasteiger partial charge in [-0.3, -0.25) is 10.1 Å². The van der Waals surface area contributed by atoms with Crippen molar-refractivity contribution in [1.82, 2.24) is 5.32 Å². The summed E-state index contributed by atoms with van der Waals surface area (Å²) >= 11 is 6.04. The topological polar surface area (TPSA) is 55.2 Å². The predicted octanol–water partition coefficient (Wildman–Crippen LogP) is 3.18. The van der Waals surface area contributed by atoms with Crippen LogP contribution < -0.4 is 5.32 Å². The van der Waals surface area contributed by atoms with Gasteiger partial charge in [-0.15, -0.1) is 0 Å². The number of hydrogen-bond donors (Lipinski definition) is 1. The van der Waals surface area contributed by atoms with Crippen LogP contribution in [0.4, 0.5) is 5.69 Å². The second kappa shape index (κ2) is 6.57. The molecular weight excluding hydrogens is 240 g/mol. The van der Waals surface area contributed by atoms with Crippen LogP contribution in [0.5, 0.6) is 0 Å². The predicted molar refractivity (Wildman–Crippen MR) is 69.6 cm³/mol. The second-order valence-corrected chi connectivity index (χ2v) is 4.31. The van der Waals surface area contributed by atoms with E-state index in [-0.39, 0.29) is 5.69 Å². The van der Waals surface area contributed by atoms with E-state index >= 15 is 0 Å². The SMILES string of the molecule is CCNC(CC)Cc1ccc([N+](=O)[O-])cc1Cl. The van der Waals surface area contributed by atoms with Gasteiger partial charge in [-0.05, 0) is 24.9 Å². The summed E-state index contributed by atoms with van der Waals surface area (Å²) in [6.45, 7) is 5.07. The van der Waals surface area contributed by atoms with Gasteiger partial charge in [-0.25, -0.2) is 0 Å². The molecule has 1 aromatic rings. The van der Waals surface area contributed by atoms with Gasteiger partial charge in [0.1, 0.15) is 0 Å². The van der Waals surface area contributed by atoms with E-state index in [2.05, 4.69) is 19.2 Å². The van der Waals surface area contributed by atoms with Crippen LogP contribution in [-0.2, 0) is 6.42 Å². The van der Waals surface area contributed by atoms with Crippen LogP contribution >= 0.6 is 11.6 Å².